The summed E-state index contributed by atoms with van der Waals surface area (Å²) in [5.41, 5.74) is 1.74. The molecule has 0 aliphatic rings. The average Bonchev–Trinajstić information content (AvgIpc) is 2.85. The third-order valence-electron chi connectivity index (χ3n) is 2.35. The number of furan rings is 1. The molecular formula is C12H15N3O2. The lowest BCUT2D eigenvalue weighted by Crippen LogP contribution is -2.21. The zero-order chi connectivity index (χ0) is 12.1. The number of aryl methyl sites for hydroxylation is 1. The van der Waals surface area contributed by atoms with Crippen LogP contribution in [-0.4, -0.2) is 21.6 Å². The minimum absolute atomic E-state index is 0.420. The Hall–Kier alpha value is -1.72. The van der Waals surface area contributed by atoms with E-state index in [1.54, 1.807) is 30.8 Å². The molecule has 0 saturated heterocycles. The molecule has 2 heterocycles. The van der Waals surface area contributed by atoms with Crippen LogP contribution in [0.1, 0.15) is 23.3 Å². The molecule has 1 unspecified atom stereocenters. The monoisotopic (exact) mass is 233 g/mol. The molecule has 2 rings (SSSR count). The number of nitrogens with zero attached hydrogens (tertiary/aromatic N) is 2. The zero-order valence-electron chi connectivity index (χ0n) is 9.63. The normalized spacial score (nSPS) is 12.6. The molecule has 2 N–H and O–H groups in total. The predicted octanol–water partition coefficient (Wildman–Crippen LogP) is 1.20. The number of aliphatic hydroxyl groups excluding tert-OH is 1. The van der Waals surface area contributed by atoms with Gasteiger partial charge in [-0.1, -0.05) is 0 Å². The second-order valence-corrected chi connectivity index (χ2v) is 3.81. The van der Waals surface area contributed by atoms with Gasteiger partial charge in [-0.2, -0.15) is 0 Å². The molecule has 90 valence electrons. The maximum Gasteiger partial charge on any atom is 0.133 e. The van der Waals surface area contributed by atoms with Crippen molar-refractivity contribution in [3.05, 3.63) is 47.9 Å². The predicted molar refractivity (Wildman–Crippen MR) is 62.1 cm³/mol. The highest BCUT2D eigenvalue weighted by atomic mass is 16.4. The van der Waals surface area contributed by atoms with Crippen molar-refractivity contribution in [1.82, 2.24) is 15.3 Å². The third kappa shape index (κ3) is 3.37. The van der Waals surface area contributed by atoms with Crippen molar-refractivity contribution in [2.24, 2.45) is 0 Å². The summed E-state index contributed by atoms with van der Waals surface area (Å²) in [5, 5.41) is 12.8. The van der Waals surface area contributed by atoms with E-state index in [0.717, 1.165) is 11.4 Å². The average molecular weight is 233 g/mol. The molecule has 0 aliphatic carbocycles. The summed E-state index contributed by atoms with van der Waals surface area (Å²) in [6, 6.07) is 3.50. The van der Waals surface area contributed by atoms with Crippen LogP contribution in [0.5, 0.6) is 0 Å². The molecule has 2 aromatic heterocycles. The quantitative estimate of drug-likeness (QED) is 0.812. The van der Waals surface area contributed by atoms with Crippen LogP contribution in [0.15, 0.2) is 35.2 Å². The summed E-state index contributed by atoms with van der Waals surface area (Å²) < 4.78 is 5.10. The van der Waals surface area contributed by atoms with Crippen molar-refractivity contribution in [2.45, 2.75) is 19.6 Å². The van der Waals surface area contributed by atoms with Gasteiger partial charge in [-0.3, -0.25) is 9.97 Å². The number of hydrogen-bond donors (Lipinski definition) is 2. The van der Waals surface area contributed by atoms with Gasteiger partial charge in [0.2, 0.25) is 0 Å². The van der Waals surface area contributed by atoms with Gasteiger partial charge in [-0.05, 0) is 19.1 Å². The van der Waals surface area contributed by atoms with Gasteiger partial charge in [0.1, 0.15) is 11.9 Å². The summed E-state index contributed by atoms with van der Waals surface area (Å²) >= 11 is 0. The largest absolute Gasteiger partial charge is 0.467 e. The molecule has 17 heavy (non-hydrogen) atoms. The fourth-order valence-corrected chi connectivity index (χ4v) is 1.43. The van der Waals surface area contributed by atoms with Crippen molar-refractivity contribution < 1.29 is 9.52 Å². The van der Waals surface area contributed by atoms with Crippen LogP contribution >= 0.6 is 0 Å². The van der Waals surface area contributed by atoms with Crippen molar-refractivity contribution >= 4 is 0 Å². The first-order chi connectivity index (χ1) is 8.25. The fourth-order valence-electron chi connectivity index (χ4n) is 1.43. The van der Waals surface area contributed by atoms with Crippen LogP contribution in [0.25, 0.3) is 0 Å². The molecule has 0 aromatic carbocycles. The standard InChI is InChI=1S/C12H15N3O2/c1-9-5-15-10(7-14-9)6-13-8-11(16)12-3-2-4-17-12/h2-5,7,11,13,16H,6,8H2,1H3. The molecule has 0 spiro atoms. The van der Waals surface area contributed by atoms with E-state index in [1.165, 1.54) is 0 Å². The number of hydrogen-bond acceptors (Lipinski definition) is 5. The van der Waals surface area contributed by atoms with Gasteiger partial charge >= 0.3 is 0 Å². The SMILES string of the molecule is Cc1cnc(CNCC(O)c2ccco2)cn1. The Morgan fingerprint density at radius 3 is 2.94 bits per heavy atom. The van der Waals surface area contributed by atoms with E-state index < -0.39 is 6.10 Å². The van der Waals surface area contributed by atoms with Gasteiger partial charge in [0.05, 0.1) is 17.7 Å². The minimum atomic E-state index is -0.636. The van der Waals surface area contributed by atoms with Crippen LogP contribution in [-0.2, 0) is 6.54 Å². The first kappa shape index (κ1) is 11.8. The van der Waals surface area contributed by atoms with E-state index in [4.69, 9.17) is 4.42 Å². The lowest BCUT2D eigenvalue weighted by Gasteiger charge is -2.08. The van der Waals surface area contributed by atoms with Crippen LogP contribution in [0.4, 0.5) is 0 Å². The van der Waals surface area contributed by atoms with E-state index in [9.17, 15) is 5.11 Å². The highest BCUT2D eigenvalue weighted by molar-refractivity contribution is 5.03. The molecular weight excluding hydrogens is 218 g/mol. The number of nitrogens with one attached hydrogen (secondary N) is 1. The van der Waals surface area contributed by atoms with Crippen molar-refractivity contribution in [3.8, 4) is 0 Å². The summed E-state index contributed by atoms with van der Waals surface area (Å²) in [4.78, 5) is 8.35. The fraction of sp³-hybridized carbons (Fsp3) is 0.333. The summed E-state index contributed by atoms with van der Waals surface area (Å²) in [7, 11) is 0. The topological polar surface area (TPSA) is 71.2 Å². The zero-order valence-corrected chi connectivity index (χ0v) is 9.63. The molecule has 5 nitrogen and oxygen atoms in total. The highest BCUT2D eigenvalue weighted by Crippen LogP contribution is 2.11. The molecule has 1 atom stereocenters. The van der Waals surface area contributed by atoms with Gasteiger partial charge in [-0.15, -0.1) is 0 Å². The lowest BCUT2D eigenvalue weighted by atomic mass is 10.2. The van der Waals surface area contributed by atoms with Gasteiger partial charge in [0.25, 0.3) is 0 Å². The van der Waals surface area contributed by atoms with E-state index in [-0.39, 0.29) is 0 Å². The molecule has 5 heteroatoms. The molecule has 0 radical (unpaired) electrons. The third-order valence-corrected chi connectivity index (χ3v) is 2.35. The molecule has 0 amide bonds. The van der Waals surface area contributed by atoms with Crippen LogP contribution in [0.2, 0.25) is 0 Å². The number of aromatic nitrogens is 2. The first-order valence-electron chi connectivity index (χ1n) is 5.45. The van der Waals surface area contributed by atoms with Crippen molar-refractivity contribution in [2.75, 3.05) is 6.54 Å². The maximum absolute atomic E-state index is 9.74. The minimum Gasteiger partial charge on any atom is -0.467 e. The number of rotatable bonds is 5. The Morgan fingerprint density at radius 2 is 2.29 bits per heavy atom. The lowest BCUT2D eigenvalue weighted by molar-refractivity contribution is 0.147. The van der Waals surface area contributed by atoms with Gasteiger partial charge in [-0.25, -0.2) is 0 Å². The van der Waals surface area contributed by atoms with Crippen LogP contribution in [0, 0.1) is 6.92 Å². The van der Waals surface area contributed by atoms with E-state index in [1.807, 2.05) is 6.92 Å². The molecule has 0 bridgehead atoms. The summed E-state index contributed by atoms with van der Waals surface area (Å²) in [6.07, 6.45) is 4.36. The van der Waals surface area contributed by atoms with Crippen LogP contribution < -0.4 is 5.32 Å². The molecule has 0 fully saturated rings. The first-order valence-corrected chi connectivity index (χ1v) is 5.45. The molecule has 0 saturated carbocycles. The van der Waals surface area contributed by atoms with E-state index in [0.29, 0.717) is 18.8 Å². The number of aliphatic hydroxyl groups is 1. The highest BCUT2D eigenvalue weighted by Gasteiger charge is 2.09. The van der Waals surface area contributed by atoms with Crippen LogP contribution in [0.3, 0.4) is 0 Å². The summed E-state index contributed by atoms with van der Waals surface area (Å²) in [6.45, 7) is 2.89. The Balaban J connectivity index is 1.78. The van der Waals surface area contributed by atoms with Gasteiger partial charge in [0.15, 0.2) is 0 Å². The Labute approximate surface area is 99.5 Å². The van der Waals surface area contributed by atoms with E-state index in [2.05, 4.69) is 15.3 Å². The molecule has 0 aliphatic heterocycles. The summed E-state index contributed by atoms with van der Waals surface area (Å²) in [5.74, 6) is 0.562. The Morgan fingerprint density at radius 1 is 1.41 bits per heavy atom. The second kappa shape index (κ2) is 5.56. The van der Waals surface area contributed by atoms with Crippen molar-refractivity contribution in [1.29, 1.82) is 0 Å². The van der Waals surface area contributed by atoms with E-state index >= 15 is 0 Å². The maximum atomic E-state index is 9.74. The second-order valence-electron chi connectivity index (χ2n) is 3.81. The molecule has 2 aromatic rings. The smallest absolute Gasteiger partial charge is 0.133 e. The Bertz CT molecular complexity index is 439. The Kier molecular flexibility index (Phi) is 3.85. The van der Waals surface area contributed by atoms with Gasteiger partial charge in [0, 0.05) is 25.5 Å². The van der Waals surface area contributed by atoms with Crippen molar-refractivity contribution in [3.63, 3.8) is 0 Å². The van der Waals surface area contributed by atoms with Gasteiger partial charge < -0.3 is 14.8 Å².